The minimum Gasteiger partial charge on any atom is -0.488 e. The van der Waals surface area contributed by atoms with E-state index in [0.717, 1.165) is 30.8 Å². The van der Waals surface area contributed by atoms with Crippen molar-refractivity contribution < 1.29 is 4.74 Å². The van der Waals surface area contributed by atoms with Crippen LogP contribution in [0.4, 0.5) is 0 Å². The van der Waals surface area contributed by atoms with E-state index in [9.17, 15) is 0 Å². The van der Waals surface area contributed by atoms with Gasteiger partial charge >= 0.3 is 0 Å². The summed E-state index contributed by atoms with van der Waals surface area (Å²) in [6.07, 6.45) is 1.29. The van der Waals surface area contributed by atoms with Crippen molar-refractivity contribution in [3.8, 4) is 5.75 Å². The van der Waals surface area contributed by atoms with Crippen LogP contribution in [0.1, 0.15) is 18.1 Å². The topological polar surface area (TPSA) is 21.3 Å². The summed E-state index contributed by atoms with van der Waals surface area (Å²) in [5.41, 5.74) is 3.80. The molecule has 1 unspecified atom stereocenters. The summed E-state index contributed by atoms with van der Waals surface area (Å²) < 4.78 is 5.85. The highest BCUT2D eigenvalue weighted by atomic mass is 16.5. The maximum absolute atomic E-state index is 5.85. The molecule has 1 aromatic carbocycles. The van der Waals surface area contributed by atoms with Gasteiger partial charge in [-0.05, 0) is 25.5 Å². The molecule has 0 bridgehead atoms. The Kier molecular flexibility index (Phi) is 3.30. The van der Waals surface area contributed by atoms with Crippen LogP contribution in [0.15, 0.2) is 30.4 Å². The van der Waals surface area contributed by atoms with Crippen LogP contribution in [-0.2, 0) is 6.42 Å². The standard InChI is InChI=1S/C14H19NO/c1-10(2)8-15-9-13-7-12-6-11(3)4-5-14(12)16-13/h4-6,13,15H,1,7-9H2,2-3H3. The Morgan fingerprint density at radius 2 is 2.38 bits per heavy atom. The van der Waals surface area contributed by atoms with Gasteiger partial charge in [0.2, 0.25) is 0 Å². The second kappa shape index (κ2) is 4.71. The summed E-state index contributed by atoms with van der Waals surface area (Å²) in [7, 11) is 0. The molecule has 16 heavy (non-hydrogen) atoms. The average molecular weight is 217 g/mol. The molecule has 0 spiro atoms. The summed E-state index contributed by atoms with van der Waals surface area (Å²) in [5, 5.41) is 3.35. The van der Waals surface area contributed by atoms with Gasteiger partial charge < -0.3 is 10.1 Å². The number of benzene rings is 1. The molecule has 0 fully saturated rings. The first-order valence-corrected chi connectivity index (χ1v) is 5.76. The van der Waals surface area contributed by atoms with E-state index in [0.29, 0.717) is 0 Å². The van der Waals surface area contributed by atoms with Crippen LogP contribution in [0.3, 0.4) is 0 Å². The van der Waals surface area contributed by atoms with Crippen LogP contribution in [-0.4, -0.2) is 19.2 Å². The molecule has 1 aliphatic rings. The van der Waals surface area contributed by atoms with Gasteiger partial charge in [-0.1, -0.05) is 29.8 Å². The monoisotopic (exact) mass is 217 g/mol. The number of aryl methyl sites for hydroxylation is 1. The fourth-order valence-electron chi connectivity index (χ4n) is 2.01. The van der Waals surface area contributed by atoms with Crippen LogP contribution in [0.25, 0.3) is 0 Å². The first-order chi connectivity index (χ1) is 7.65. The Morgan fingerprint density at radius 3 is 3.12 bits per heavy atom. The van der Waals surface area contributed by atoms with Crippen molar-refractivity contribution in [2.24, 2.45) is 0 Å². The Morgan fingerprint density at radius 1 is 1.56 bits per heavy atom. The van der Waals surface area contributed by atoms with E-state index in [1.165, 1.54) is 11.1 Å². The summed E-state index contributed by atoms with van der Waals surface area (Å²) in [4.78, 5) is 0. The van der Waals surface area contributed by atoms with E-state index in [1.54, 1.807) is 0 Å². The fourth-order valence-corrected chi connectivity index (χ4v) is 2.01. The molecule has 0 radical (unpaired) electrons. The molecule has 86 valence electrons. The molecule has 1 heterocycles. The van der Waals surface area contributed by atoms with Crippen LogP contribution < -0.4 is 10.1 Å². The van der Waals surface area contributed by atoms with Crippen molar-refractivity contribution in [2.75, 3.05) is 13.1 Å². The predicted molar refractivity (Wildman–Crippen MR) is 67.0 cm³/mol. The van der Waals surface area contributed by atoms with Gasteiger partial charge in [0.1, 0.15) is 11.9 Å². The molecule has 1 atom stereocenters. The molecule has 2 nitrogen and oxygen atoms in total. The Labute approximate surface area is 97.3 Å². The van der Waals surface area contributed by atoms with Gasteiger partial charge in [0, 0.05) is 19.5 Å². The minimum atomic E-state index is 0.274. The van der Waals surface area contributed by atoms with E-state index < -0.39 is 0 Å². The fraction of sp³-hybridized carbons (Fsp3) is 0.429. The van der Waals surface area contributed by atoms with Crippen LogP contribution in [0, 0.1) is 6.92 Å². The molecular formula is C14H19NO. The Balaban J connectivity index is 1.88. The van der Waals surface area contributed by atoms with Crippen molar-refractivity contribution >= 4 is 0 Å². The van der Waals surface area contributed by atoms with Gasteiger partial charge in [0.25, 0.3) is 0 Å². The normalized spacial score (nSPS) is 18.0. The zero-order valence-corrected chi connectivity index (χ0v) is 10.0. The summed E-state index contributed by atoms with van der Waals surface area (Å²) in [6, 6.07) is 6.39. The van der Waals surface area contributed by atoms with Crippen LogP contribution in [0.5, 0.6) is 5.75 Å². The predicted octanol–water partition coefficient (Wildman–Crippen LogP) is 2.46. The van der Waals surface area contributed by atoms with Crippen LogP contribution >= 0.6 is 0 Å². The minimum absolute atomic E-state index is 0.274. The number of hydrogen-bond donors (Lipinski definition) is 1. The average Bonchev–Trinajstić information content (AvgIpc) is 2.58. The van der Waals surface area contributed by atoms with Crippen molar-refractivity contribution in [1.29, 1.82) is 0 Å². The first kappa shape index (κ1) is 11.2. The number of ether oxygens (including phenoxy) is 1. The third-order valence-electron chi connectivity index (χ3n) is 2.76. The summed E-state index contributed by atoms with van der Waals surface area (Å²) >= 11 is 0. The molecule has 2 heteroatoms. The lowest BCUT2D eigenvalue weighted by molar-refractivity contribution is 0.229. The molecule has 0 amide bonds. The zero-order chi connectivity index (χ0) is 11.5. The summed E-state index contributed by atoms with van der Waals surface area (Å²) in [5.74, 6) is 1.05. The molecule has 1 aliphatic heterocycles. The molecular weight excluding hydrogens is 198 g/mol. The zero-order valence-electron chi connectivity index (χ0n) is 10.0. The van der Waals surface area contributed by atoms with E-state index in [1.807, 2.05) is 6.92 Å². The number of hydrogen-bond acceptors (Lipinski definition) is 2. The van der Waals surface area contributed by atoms with E-state index in [4.69, 9.17) is 4.74 Å². The second-order valence-electron chi connectivity index (χ2n) is 4.64. The lowest BCUT2D eigenvalue weighted by atomic mass is 10.1. The smallest absolute Gasteiger partial charge is 0.123 e. The van der Waals surface area contributed by atoms with Crippen molar-refractivity contribution in [1.82, 2.24) is 5.32 Å². The maximum Gasteiger partial charge on any atom is 0.123 e. The number of rotatable bonds is 4. The highest BCUT2D eigenvalue weighted by Crippen LogP contribution is 2.29. The van der Waals surface area contributed by atoms with Crippen molar-refractivity contribution in [3.63, 3.8) is 0 Å². The van der Waals surface area contributed by atoms with Gasteiger partial charge in [-0.15, -0.1) is 0 Å². The van der Waals surface area contributed by atoms with Gasteiger partial charge in [0.05, 0.1) is 0 Å². The maximum atomic E-state index is 5.85. The Bertz CT molecular complexity index is 398. The first-order valence-electron chi connectivity index (χ1n) is 5.76. The van der Waals surface area contributed by atoms with Crippen molar-refractivity contribution in [2.45, 2.75) is 26.4 Å². The SMILES string of the molecule is C=C(C)CNCC1Cc2cc(C)ccc2O1. The molecule has 0 saturated heterocycles. The molecule has 0 saturated carbocycles. The third kappa shape index (κ3) is 2.64. The molecule has 1 aromatic rings. The molecule has 2 rings (SSSR count). The highest BCUT2D eigenvalue weighted by molar-refractivity contribution is 5.40. The largest absolute Gasteiger partial charge is 0.488 e. The quantitative estimate of drug-likeness (QED) is 0.782. The number of fused-ring (bicyclic) bond motifs is 1. The van der Waals surface area contributed by atoms with Crippen molar-refractivity contribution in [3.05, 3.63) is 41.5 Å². The van der Waals surface area contributed by atoms with E-state index in [2.05, 4.69) is 37.0 Å². The van der Waals surface area contributed by atoms with Crippen LogP contribution in [0.2, 0.25) is 0 Å². The molecule has 1 N–H and O–H groups in total. The van der Waals surface area contributed by atoms with Gasteiger partial charge in [-0.3, -0.25) is 0 Å². The lowest BCUT2D eigenvalue weighted by Gasteiger charge is -2.11. The Hall–Kier alpha value is -1.28. The second-order valence-corrected chi connectivity index (χ2v) is 4.64. The lowest BCUT2D eigenvalue weighted by Crippen LogP contribution is -2.30. The van der Waals surface area contributed by atoms with E-state index >= 15 is 0 Å². The van der Waals surface area contributed by atoms with Gasteiger partial charge in [0.15, 0.2) is 0 Å². The highest BCUT2D eigenvalue weighted by Gasteiger charge is 2.21. The van der Waals surface area contributed by atoms with Gasteiger partial charge in [-0.25, -0.2) is 0 Å². The van der Waals surface area contributed by atoms with Gasteiger partial charge in [-0.2, -0.15) is 0 Å². The third-order valence-corrected chi connectivity index (χ3v) is 2.76. The molecule has 0 aromatic heterocycles. The number of nitrogens with one attached hydrogen (secondary N) is 1. The van der Waals surface area contributed by atoms with E-state index in [-0.39, 0.29) is 6.10 Å². The molecule has 0 aliphatic carbocycles. The summed E-state index contributed by atoms with van der Waals surface area (Å²) in [6.45, 7) is 9.77.